The van der Waals surface area contributed by atoms with Crippen molar-refractivity contribution in [3.05, 3.63) is 5.56 Å². The molecule has 1 N–H and O–H groups in total. The van der Waals surface area contributed by atoms with Crippen LogP contribution in [0.5, 0.6) is 11.8 Å². The molecule has 0 spiro atoms. The van der Waals surface area contributed by atoms with Gasteiger partial charge in [0.2, 0.25) is 11.8 Å². The molecule has 0 radical (unpaired) electrons. The number of ether oxygens (including phenoxy) is 2. The first-order valence-electron chi connectivity index (χ1n) is 3.91. The highest BCUT2D eigenvalue weighted by Gasteiger charge is 2.21. The van der Waals surface area contributed by atoms with E-state index in [2.05, 4.69) is 9.97 Å². The van der Waals surface area contributed by atoms with E-state index >= 15 is 0 Å². The lowest BCUT2D eigenvalue weighted by Crippen LogP contribution is -2.08. The van der Waals surface area contributed by atoms with Crippen molar-refractivity contribution >= 4 is 17.7 Å². The molecule has 0 aliphatic carbocycles. The van der Waals surface area contributed by atoms with Gasteiger partial charge in [-0.15, -0.1) is 0 Å². The Labute approximate surface area is 90.6 Å². The zero-order chi connectivity index (χ0) is 11.4. The minimum Gasteiger partial charge on any atom is -0.480 e. The number of thioether (sulfide) groups is 1. The predicted octanol–water partition coefficient (Wildman–Crippen LogP) is 0.914. The first kappa shape index (κ1) is 11.6. The van der Waals surface area contributed by atoms with Crippen molar-refractivity contribution < 1.29 is 19.4 Å². The first-order chi connectivity index (χ1) is 7.13. The van der Waals surface area contributed by atoms with Crippen molar-refractivity contribution in [3.8, 4) is 11.8 Å². The Hall–Kier alpha value is -1.50. The molecule has 1 heterocycles. The molecule has 7 heteroatoms. The molecule has 0 unspecified atom stereocenters. The number of carboxylic acid groups (broad SMARTS) is 1. The summed E-state index contributed by atoms with van der Waals surface area (Å²) in [5.74, 6) is -1.19. The Morgan fingerprint density at radius 3 is 2.00 bits per heavy atom. The van der Waals surface area contributed by atoms with E-state index < -0.39 is 5.97 Å². The van der Waals surface area contributed by atoms with Crippen molar-refractivity contribution in [2.45, 2.75) is 5.16 Å². The van der Waals surface area contributed by atoms with Gasteiger partial charge in [0, 0.05) is 0 Å². The summed E-state index contributed by atoms with van der Waals surface area (Å²) in [4.78, 5) is 18.7. The van der Waals surface area contributed by atoms with E-state index in [1.165, 1.54) is 26.0 Å². The van der Waals surface area contributed by atoms with Crippen molar-refractivity contribution in [1.82, 2.24) is 9.97 Å². The number of hydrogen-bond donors (Lipinski definition) is 1. The van der Waals surface area contributed by atoms with Crippen molar-refractivity contribution in [2.24, 2.45) is 0 Å². The van der Waals surface area contributed by atoms with Crippen LogP contribution in [-0.4, -0.2) is 41.5 Å². The summed E-state index contributed by atoms with van der Waals surface area (Å²) in [6.45, 7) is 0. The van der Waals surface area contributed by atoms with E-state index in [1.807, 2.05) is 0 Å². The predicted molar refractivity (Wildman–Crippen MR) is 53.9 cm³/mol. The summed E-state index contributed by atoms with van der Waals surface area (Å²) in [6.07, 6.45) is 1.77. The third-order valence-corrected chi connectivity index (χ3v) is 2.15. The second-order valence-electron chi connectivity index (χ2n) is 2.41. The minimum atomic E-state index is -1.18. The average molecular weight is 230 g/mol. The summed E-state index contributed by atoms with van der Waals surface area (Å²) in [5, 5.41) is 9.32. The number of methoxy groups -OCH3 is 2. The molecule has 0 bridgehead atoms. The molecule has 1 rings (SSSR count). The second kappa shape index (κ2) is 4.83. The van der Waals surface area contributed by atoms with E-state index in [-0.39, 0.29) is 17.3 Å². The SMILES string of the molecule is COc1nc(SC)nc(OC)c1C(=O)O. The van der Waals surface area contributed by atoms with Gasteiger partial charge in [-0.05, 0) is 6.26 Å². The van der Waals surface area contributed by atoms with Crippen LogP contribution >= 0.6 is 11.8 Å². The molecule has 0 saturated heterocycles. The number of carbonyl (C=O) groups is 1. The van der Waals surface area contributed by atoms with Gasteiger partial charge in [0.15, 0.2) is 10.7 Å². The molecule has 0 aromatic carbocycles. The summed E-state index contributed by atoms with van der Waals surface area (Å²) in [6, 6.07) is 0. The van der Waals surface area contributed by atoms with Crippen LogP contribution in [0, 0.1) is 0 Å². The van der Waals surface area contributed by atoms with Gasteiger partial charge in [-0.1, -0.05) is 11.8 Å². The summed E-state index contributed by atoms with van der Waals surface area (Å²) in [5.41, 5.74) is -0.169. The van der Waals surface area contributed by atoms with E-state index in [4.69, 9.17) is 14.6 Å². The number of hydrogen-bond acceptors (Lipinski definition) is 6. The highest BCUT2D eigenvalue weighted by atomic mass is 32.2. The molecule has 15 heavy (non-hydrogen) atoms. The van der Waals surface area contributed by atoms with E-state index in [9.17, 15) is 4.79 Å². The lowest BCUT2D eigenvalue weighted by molar-refractivity contribution is 0.0687. The molecule has 0 saturated carbocycles. The average Bonchev–Trinajstić information content (AvgIpc) is 2.26. The molecule has 0 atom stereocenters. The fourth-order valence-electron chi connectivity index (χ4n) is 0.972. The number of carboxylic acids is 1. The summed E-state index contributed by atoms with van der Waals surface area (Å²) >= 11 is 1.27. The molecule has 1 aromatic heterocycles. The minimum absolute atomic E-state index is 0.00120. The van der Waals surface area contributed by atoms with Crippen molar-refractivity contribution in [3.63, 3.8) is 0 Å². The van der Waals surface area contributed by atoms with Gasteiger partial charge in [0.05, 0.1) is 14.2 Å². The molecule has 0 aliphatic heterocycles. The van der Waals surface area contributed by atoms with Crippen LogP contribution in [0.1, 0.15) is 10.4 Å². The fraction of sp³-hybridized carbons (Fsp3) is 0.375. The first-order valence-corrected chi connectivity index (χ1v) is 5.13. The van der Waals surface area contributed by atoms with Crippen LogP contribution in [-0.2, 0) is 0 Å². The zero-order valence-corrected chi connectivity index (χ0v) is 9.29. The van der Waals surface area contributed by atoms with Crippen LogP contribution < -0.4 is 9.47 Å². The maximum Gasteiger partial charge on any atom is 0.346 e. The van der Waals surface area contributed by atoms with Crippen molar-refractivity contribution in [1.29, 1.82) is 0 Å². The second-order valence-corrected chi connectivity index (χ2v) is 3.18. The quantitative estimate of drug-likeness (QED) is 0.608. The smallest absolute Gasteiger partial charge is 0.346 e. The Morgan fingerprint density at radius 1 is 1.27 bits per heavy atom. The van der Waals surface area contributed by atoms with Crippen LogP contribution in [0.2, 0.25) is 0 Å². The van der Waals surface area contributed by atoms with Gasteiger partial charge in [0.1, 0.15) is 0 Å². The third kappa shape index (κ3) is 2.30. The van der Waals surface area contributed by atoms with Gasteiger partial charge in [0.25, 0.3) is 0 Å². The molecular weight excluding hydrogens is 220 g/mol. The zero-order valence-electron chi connectivity index (χ0n) is 8.47. The number of nitrogens with zero attached hydrogens (tertiary/aromatic N) is 2. The van der Waals surface area contributed by atoms with Gasteiger partial charge < -0.3 is 14.6 Å². The topological polar surface area (TPSA) is 81.5 Å². The fourth-order valence-corrected chi connectivity index (χ4v) is 1.32. The molecule has 1 aromatic rings. The maximum atomic E-state index is 10.9. The van der Waals surface area contributed by atoms with Gasteiger partial charge in [-0.2, -0.15) is 9.97 Å². The summed E-state index contributed by atoms with van der Waals surface area (Å²) in [7, 11) is 2.69. The Kier molecular flexibility index (Phi) is 3.73. The van der Waals surface area contributed by atoms with Crippen LogP contribution in [0.4, 0.5) is 0 Å². The van der Waals surface area contributed by atoms with Crippen molar-refractivity contribution in [2.75, 3.05) is 20.5 Å². The number of aromatic carboxylic acids is 1. The lowest BCUT2D eigenvalue weighted by atomic mass is 10.3. The molecule has 0 fully saturated rings. The van der Waals surface area contributed by atoms with E-state index in [0.717, 1.165) is 0 Å². The van der Waals surface area contributed by atoms with Gasteiger partial charge in [-0.25, -0.2) is 4.79 Å². The van der Waals surface area contributed by atoms with Crippen LogP contribution in [0.25, 0.3) is 0 Å². The monoisotopic (exact) mass is 230 g/mol. The Bertz CT molecular complexity index is 358. The standard InChI is InChI=1S/C8H10N2O4S/c1-13-5-4(7(11)12)6(14-2)10-8(9-5)15-3/h1-3H3,(H,11,12). The highest BCUT2D eigenvalue weighted by Crippen LogP contribution is 2.27. The van der Waals surface area contributed by atoms with E-state index in [0.29, 0.717) is 5.16 Å². The summed E-state index contributed by atoms with van der Waals surface area (Å²) < 4.78 is 9.73. The number of rotatable bonds is 4. The molecular formula is C8H10N2O4S. The van der Waals surface area contributed by atoms with Crippen LogP contribution in [0.3, 0.4) is 0 Å². The lowest BCUT2D eigenvalue weighted by Gasteiger charge is -2.08. The Morgan fingerprint density at radius 2 is 1.73 bits per heavy atom. The molecule has 6 nitrogen and oxygen atoms in total. The third-order valence-electron chi connectivity index (χ3n) is 1.61. The van der Waals surface area contributed by atoms with Crippen LogP contribution in [0.15, 0.2) is 5.16 Å². The molecule has 0 amide bonds. The highest BCUT2D eigenvalue weighted by molar-refractivity contribution is 7.98. The van der Waals surface area contributed by atoms with Gasteiger partial charge >= 0.3 is 5.97 Å². The molecule has 82 valence electrons. The normalized spacial score (nSPS) is 9.80. The number of aromatic nitrogens is 2. The largest absolute Gasteiger partial charge is 0.480 e. The maximum absolute atomic E-state index is 10.9. The van der Waals surface area contributed by atoms with Gasteiger partial charge in [-0.3, -0.25) is 0 Å². The Balaban J connectivity index is 3.39. The molecule has 0 aliphatic rings. The van der Waals surface area contributed by atoms with E-state index in [1.54, 1.807) is 6.26 Å².